The molecule has 0 fully saturated rings. The lowest BCUT2D eigenvalue weighted by atomic mass is 10.0. The molecule has 0 aliphatic carbocycles. The molecule has 0 aliphatic rings. The fraction of sp³-hybridized carbons (Fsp3) is 0.219. The number of fused-ring (bicyclic) bond motifs is 3. The highest BCUT2D eigenvalue weighted by molar-refractivity contribution is 6.17. The van der Waals surface area contributed by atoms with Crippen molar-refractivity contribution in [2.24, 2.45) is 5.73 Å². The standard InChI is InChI=1S/C32H31N2O2/c1-2-3-5-11-23-18-19-26-29(20-23)34(28-16-10-15-27(31(26)28)32(33)35)21-25-14-8-9-17-30(25)36-22-24-12-6-4-7-13-24/h4,6-10,12-18,20H,2-3,5,11,21-22H2,1H3,(H2,33,35). The topological polar surface area (TPSA) is 57.2 Å². The highest BCUT2D eigenvalue weighted by Gasteiger charge is 2.18. The number of hydrogen-bond donors (Lipinski definition) is 1. The van der Waals surface area contributed by atoms with Gasteiger partial charge in [0.1, 0.15) is 12.4 Å². The molecule has 0 atom stereocenters. The summed E-state index contributed by atoms with van der Waals surface area (Å²) < 4.78 is 8.52. The molecule has 1 aromatic heterocycles. The number of benzene rings is 4. The Balaban J connectivity index is 1.58. The van der Waals surface area contributed by atoms with Gasteiger partial charge in [0.25, 0.3) is 0 Å². The van der Waals surface area contributed by atoms with E-state index in [9.17, 15) is 4.79 Å². The summed E-state index contributed by atoms with van der Waals surface area (Å²) in [6.45, 7) is 3.33. The second-order valence-corrected chi connectivity index (χ2v) is 9.26. The molecule has 0 unspecified atom stereocenters. The number of unbranched alkanes of at least 4 members (excludes halogenated alkanes) is 2. The van der Waals surface area contributed by atoms with E-state index in [1.807, 2.05) is 42.5 Å². The van der Waals surface area contributed by atoms with Crippen molar-refractivity contribution in [1.29, 1.82) is 0 Å². The summed E-state index contributed by atoms with van der Waals surface area (Å²) in [5.41, 5.74) is 11.8. The predicted molar refractivity (Wildman–Crippen MR) is 146 cm³/mol. The molecule has 0 saturated carbocycles. The first-order chi connectivity index (χ1) is 17.7. The Hall–Kier alpha value is -4.05. The number of aryl methyl sites for hydroxylation is 1. The SMILES string of the molecule is CCCCCc1c[c]c2c3c(C(N)=O)cccc3n(Cc3ccccc3OCc3ccccc3)c2c1. The van der Waals surface area contributed by atoms with Gasteiger partial charge in [-0.3, -0.25) is 4.79 Å². The Morgan fingerprint density at radius 2 is 1.72 bits per heavy atom. The minimum absolute atomic E-state index is 0.424. The lowest BCUT2D eigenvalue weighted by Gasteiger charge is -2.14. The molecule has 1 amide bonds. The predicted octanol–water partition coefficient (Wildman–Crippen LogP) is 7.05. The molecule has 4 aromatic carbocycles. The Labute approximate surface area is 212 Å². The summed E-state index contributed by atoms with van der Waals surface area (Å²) in [5, 5.41) is 1.80. The van der Waals surface area contributed by atoms with Crippen LogP contribution in [0.5, 0.6) is 5.75 Å². The van der Waals surface area contributed by atoms with Crippen LogP contribution in [0.15, 0.2) is 84.9 Å². The molecule has 2 N–H and O–H groups in total. The number of rotatable bonds is 10. The number of nitrogens with zero attached hydrogens (tertiary/aromatic N) is 1. The molecule has 5 rings (SSSR count). The number of amides is 1. The number of nitrogens with two attached hydrogens (primary N) is 1. The lowest BCUT2D eigenvalue weighted by Crippen LogP contribution is -2.11. The fourth-order valence-electron chi connectivity index (χ4n) is 4.88. The summed E-state index contributed by atoms with van der Waals surface area (Å²) in [5.74, 6) is 0.428. The summed E-state index contributed by atoms with van der Waals surface area (Å²) in [6.07, 6.45) is 4.56. The minimum Gasteiger partial charge on any atom is -0.489 e. The largest absolute Gasteiger partial charge is 0.489 e. The molecule has 5 aromatic rings. The van der Waals surface area contributed by atoms with Gasteiger partial charge in [-0.1, -0.05) is 80.4 Å². The zero-order valence-electron chi connectivity index (χ0n) is 20.7. The van der Waals surface area contributed by atoms with E-state index in [2.05, 4.69) is 54.0 Å². The van der Waals surface area contributed by atoms with Crippen molar-refractivity contribution in [2.45, 2.75) is 45.8 Å². The smallest absolute Gasteiger partial charge is 0.249 e. The van der Waals surface area contributed by atoms with E-state index < -0.39 is 5.91 Å². The van der Waals surface area contributed by atoms with Gasteiger partial charge >= 0.3 is 0 Å². The van der Waals surface area contributed by atoms with Crippen LogP contribution in [0.4, 0.5) is 0 Å². The van der Waals surface area contributed by atoms with Crippen molar-refractivity contribution in [1.82, 2.24) is 4.57 Å². The van der Waals surface area contributed by atoms with E-state index in [1.54, 1.807) is 6.07 Å². The highest BCUT2D eigenvalue weighted by Crippen LogP contribution is 2.34. The molecule has 0 spiro atoms. The zero-order chi connectivity index (χ0) is 24.9. The van der Waals surface area contributed by atoms with Gasteiger partial charge in [-0.25, -0.2) is 0 Å². The Kier molecular flexibility index (Phi) is 7.03. The number of hydrogen-bond acceptors (Lipinski definition) is 2. The van der Waals surface area contributed by atoms with Crippen LogP contribution in [0.3, 0.4) is 0 Å². The summed E-state index contributed by atoms with van der Waals surface area (Å²) in [7, 11) is 0. The Morgan fingerprint density at radius 1 is 0.917 bits per heavy atom. The maximum Gasteiger partial charge on any atom is 0.249 e. The summed E-state index contributed by atoms with van der Waals surface area (Å²) in [6, 6.07) is 31.9. The Bertz CT molecular complexity index is 1500. The third-order valence-electron chi connectivity index (χ3n) is 6.73. The molecule has 36 heavy (non-hydrogen) atoms. The molecule has 1 heterocycles. The monoisotopic (exact) mass is 475 g/mol. The van der Waals surface area contributed by atoms with Gasteiger partial charge in [0.15, 0.2) is 0 Å². The average molecular weight is 476 g/mol. The summed E-state index contributed by atoms with van der Waals surface area (Å²) >= 11 is 0. The average Bonchev–Trinajstić information content (AvgIpc) is 3.21. The number of ether oxygens (including phenoxy) is 1. The van der Waals surface area contributed by atoms with Crippen LogP contribution >= 0.6 is 0 Å². The van der Waals surface area contributed by atoms with Crippen LogP contribution in [0, 0.1) is 6.07 Å². The molecule has 181 valence electrons. The first-order valence-corrected chi connectivity index (χ1v) is 12.7. The number of primary amides is 1. The van der Waals surface area contributed by atoms with Crippen LogP contribution in [-0.2, 0) is 19.6 Å². The van der Waals surface area contributed by atoms with Gasteiger partial charge in [0.2, 0.25) is 5.91 Å². The van der Waals surface area contributed by atoms with E-state index in [0.717, 1.165) is 51.5 Å². The van der Waals surface area contributed by atoms with E-state index in [1.165, 1.54) is 18.4 Å². The number of para-hydroxylation sites is 1. The molecular formula is C32H31N2O2. The number of carbonyl (C=O) groups excluding carboxylic acids is 1. The van der Waals surface area contributed by atoms with Crippen LogP contribution in [-0.4, -0.2) is 10.5 Å². The number of aromatic nitrogens is 1. The van der Waals surface area contributed by atoms with Gasteiger partial charge in [0.05, 0.1) is 17.6 Å². The van der Waals surface area contributed by atoms with Crippen LogP contribution < -0.4 is 10.5 Å². The van der Waals surface area contributed by atoms with Crippen LogP contribution in [0.1, 0.15) is 53.2 Å². The van der Waals surface area contributed by atoms with Gasteiger partial charge in [-0.05, 0) is 54.3 Å². The van der Waals surface area contributed by atoms with Crippen LogP contribution in [0.2, 0.25) is 0 Å². The zero-order valence-corrected chi connectivity index (χ0v) is 20.7. The third-order valence-corrected chi connectivity index (χ3v) is 6.73. The van der Waals surface area contributed by atoms with Gasteiger partial charge < -0.3 is 15.0 Å². The van der Waals surface area contributed by atoms with E-state index in [4.69, 9.17) is 10.5 Å². The molecule has 0 aliphatic heterocycles. The maximum atomic E-state index is 12.3. The maximum absolute atomic E-state index is 12.3. The van der Waals surface area contributed by atoms with Crippen molar-refractivity contribution in [2.75, 3.05) is 0 Å². The molecule has 0 bridgehead atoms. The van der Waals surface area contributed by atoms with Crippen molar-refractivity contribution in [3.63, 3.8) is 0 Å². The van der Waals surface area contributed by atoms with E-state index >= 15 is 0 Å². The van der Waals surface area contributed by atoms with Crippen molar-refractivity contribution < 1.29 is 9.53 Å². The van der Waals surface area contributed by atoms with E-state index in [-0.39, 0.29) is 0 Å². The Morgan fingerprint density at radius 3 is 2.53 bits per heavy atom. The normalized spacial score (nSPS) is 11.2. The summed E-state index contributed by atoms with van der Waals surface area (Å²) in [4.78, 5) is 12.3. The molecule has 0 saturated heterocycles. The van der Waals surface area contributed by atoms with Crippen molar-refractivity contribution >= 4 is 27.7 Å². The first-order valence-electron chi connectivity index (χ1n) is 12.7. The molecular weight excluding hydrogens is 444 g/mol. The lowest BCUT2D eigenvalue weighted by molar-refractivity contribution is 0.100. The second-order valence-electron chi connectivity index (χ2n) is 9.26. The van der Waals surface area contributed by atoms with Gasteiger partial charge in [0, 0.05) is 21.9 Å². The quantitative estimate of drug-likeness (QED) is 0.220. The second kappa shape index (κ2) is 10.7. The number of carbonyl (C=O) groups is 1. The van der Waals surface area contributed by atoms with Gasteiger partial charge in [-0.15, -0.1) is 0 Å². The molecule has 4 heteroatoms. The van der Waals surface area contributed by atoms with Gasteiger partial charge in [-0.2, -0.15) is 0 Å². The minimum atomic E-state index is -0.424. The van der Waals surface area contributed by atoms with Crippen LogP contribution in [0.25, 0.3) is 21.8 Å². The fourth-order valence-corrected chi connectivity index (χ4v) is 4.88. The first kappa shape index (κ1) is 23.7. The molecule has 1 radical (unpaired) electrons. The molecule has 4 nitrogen and oxygen atoms in total. The third kappa shape index (κ3) is 4.85. The highest BCUT2D eigenvalue weighted by atomic mass is 16.5. The van der Waals surface area contributed by atoms with Crippen molar-refractivity contribution in [3.05, 3.63) is 113 Å². The van der Waals surface area contributed by atoms with E-state index in [0.29, 0.717) is 18.7 Å². The van der Waals surface area contributed by atoms with Crippen molar-refractivity contribution in [3.8, 4) is 5.75 Å².